The van der Waals surface area contributed by atoms with Gasteiger partial charge in [0.25, 0.3) is 0 Å². The SMILES string of the molecule is Cc1ccc2c(c1)c(-c1c3ccccc3c(-c3ccc(C)c4ccccc34)c3ccccc13)cc1ccc(-c3cc(C)c(C)cc3-c3ccccc3)cc12. The normalized spacial score (nSPS) is 11.7. The summed E-state index contributed by atoms with van der Waals surface area (Å²) in [5, 5.41) is 12.8. The standard InChI is InChI=1S/C54H40/c1-33-22-26-42-50-31-38(49-30-36(4)35(3)29-48(49)37-14-6-5-7-15-37)24-25-39(50)32-52(51(42)28-33)54-45-20-12-10-18-43(45)53(44-19-11-13-21-46(44)54)47-27-23-34(2)40-16-8-9-17-41(40)47/h5-32H,1-4H3. The highest BCUT2D eigenvalue weighted by Crippen LogP contribution is 2.48. The summed E-state index contributed by atoms with van der Waals surface area (Å²) in [4.78, 5) is 0. The molecule has 0 amide bonds. The Morgan fingerprint density at radius 2 is 0.815 bits per heavy atom. The van der Waals surface area contributed by atoms with Crippen molar-refractivity contribution < 1.29 is 0 Å². The number of fused-ring (bicyclic) bond motifs is 6. The van der Waals surface area contributed by atoms with Gasteiger partial charge in [-0.3, -0.25) is 0 Å². The van der Waals surface area contributed by atoms with Crippen LogP contribution >= 0.6 is 0 Å². The lowest BCUT2D eigenvalue weighted by Crippen LogP contribution is -1.94. The minimum absolute atomic E-state index is 1.24. The lowest BCUT2D eigenvalue weighted by molar-refractivity contribution is 1.34. The molecule has 10 aromatic carbocycles. The predicted molar refractivity (Wildman–Crippen MR) is 235 cm³/mol. The Labute approximate surface area is 317 Å². The predicted octanol–water partition coefficient (Wildman–Crippen LogP) is 15.4. The number of benzene rings is 10. The van der Waals surface area contributed by atoms with E-state index in [0.29, 0.717) is 0 Å². The molecule has 10 aromatic rings. The first-order valence-electron chi connectivity index (χ1n) is 19.0. The van der Waals surface area contributed by atoms with Crippen LogP contribution in [0.1, 0.15) is 22.3 Å². The molecule has 0 N–H and O–H groups in total. The molecule has 256 valence electrons. The molecule has 0 fully saturated rings. The highest BCUT2D eigenvalue weighted by molar-refractivity contribution is 6.27. The summed E-state index contributed by atoms with van der Waals surface area (Å²) in [6, 6.07) is 63.7. The molecule has 0 nitrogen and oxygen atoms in total. The maximum absolute atomic E-state index is 2.45. The van der Waals surface area contributed by atoms with Crippen LogP contribution in [0.2, 0.25) is 0 Å². The fourth-order valence-corrected chi connectivity index (χ4v) is 8.93. The van der Waals surface area contributed by atoms with E-state index in [9.17, 15) is 0 Å². The van der Waals surface area contributed by atoms with Crippen molar-refractivity contribution in [2.75, 3.05) is 0 Å². The molecule has 0 heterocycles. The van der Waals surface area contributed by atoms with Crippen LogP contribution in [0.3, 0.4) is 0 Å². The van der Waals surface area contributed by atoms with E-state index in [1.54, 1.807) is 0 Å². The van der Waals surface area contributed by atoms with E-state index in [4.69, 9.17) is 0 Å². The van der Waals surface area contributed by atoms with Crippen molar-refractivity contribution >= 4 is 53.9 Å². The second kappa shape index (κ2) is 12.6. The van der Waals surface area contributed by atoms with Crippen LogP contribution in [0.5, 0.6) is 0 Å². The quantitative estimate of drug-likeness (QED) is 0.128. The molecule has 10 rings (SSSR count). The molecule has 0 spiro atoms. The fraction of sp³-hybridized carbons (Fsp3) is 0.0741. The van der Waals surface area contributed by atoms with Crippen molar-refractivity contribution in [3.63, 3.8) is 0 Å². The molecule has 0 saturated carbocycles. The van der Waals surface area contributed by atoms with Crippen molar-refractivity contribution in [2.24, 2.45) is 0 Å². The molecule has 0 heteroatoms. The highest BCUT2D eigenvalue weighted by atomic mass is 14.2. The minimum atomic E-state index is 1.24. The van der Waals surface area contributed by atoms with Gasteiger partial charge >= 0.3 is 0 Å². The average Bonchev–Trinajstić information content (AvgIpc) is 3.21. The van der Waals surface area contributed by atoms with Crippen molar-refractivity contribution in [3.8, 4) is 44.5 Å². The third kappa shape index (κ3) is 5.06. The van der Waals surface area contributed by atoms with Crippen LogP contribution < -0.4 is 0 Å². The molecule has 0 atom stereocenters. The van der Waals surface area contributed by atoms with E-state index in [-0.39, 0.29) is 0 Å². The van der Waals surface area contributed by atoms with Gasteiger partial charge in [-0.15, -0.1) is 0 Å². The molecular weight excluding hydrogens is 649 g/mol. The van der Waals surface area contributed by atoms with E-state index in [1.807, 2.05) is 0 Å². The number of aryl methyl sites for hydroxylation is 4. The fourth-order valence-electron chi connectivity index (χ4n) is 8.93. The van der Waals surface area contributed by atoms with Crippen molar-refractivity contribution in [1.29, 1.82) is 0 Å². The van der Waals surface area contributed by atoms with Gasteiger partial charge in [0.1, 0.15) is 0 Å². The van der Waals surface area contributed by atoms with Gasteiger partial charge in [-0.1, -0.05) is 163 Å². The molecule has 0 saturated heterocycles. The third-order valence-corrected chi connectivity index (χ3v) is 11.8. The second-order valence-corrected chi connectivity index (χ2v) is 15.1. The molecular formula is C54H40. The van der Waals surface area contributed by atoms with Crippen LogP contribution in [0, 0.1) is 27.7 Å². The van der Waals surface area contributed by atoms with E-state index < -0.39 is 0 Å². The first-order valence-corrected chi connectivity index (χ1v) is 19.0. The Kier molecular flexibility index (Phi) is 7.49. The average molecular weight is 689 g/mol. The highest BCUT2D eigenvalue weighted by Gasteiger charge is 2.21. The van der Waals surface area contributed by atoms with Crippen LogP contribution in [0.25, 0.3) is 98.4 Å². The Morgan fingerprint density at radius 1 is 0.259 bits per heavy atom. The van der Waals surface area contributed by atoms with E-state index >= 15 is 0 Å². The lowest BCUT2D eigenvalue weighted by atomic mass is 9.82. The van der Waals surface area contributed by atoms with Gasteiger partial charge in [0.15, 0.2) is 0 Å². The molecule has 0 bridgehead atoms. The smallest absolute Gasteiger partial charge is 0.00199 e. The lowest BCUT2D eigenvalue weighted by Gasteiger charge is -2.21. The topological polar surface area (TPSA) is 0 Å². The van der Waals surface area contributed by atoms with Gasteiger partial charge in [0.2, 0.25) is 0 Å². The van der Waals surface area contributed by atoms with Crippen molar-refractivity contribution in [1.82, 2.24) is 0 Å². The monoisotopic (exact) mass is 688 g/mol. The summed E-state index contributed by atoms with van der Waals surface area (Å²) in [7, 11) is 0. The van der Waals surface area contributed by atoms with Gasteiger partial charge in [-0.05, 0) is 155 Å². The van der Waals surface area contributed by atoms with E-state index in [1.165, 1.54) is 121 Å². The van der Waals surface area contributed by atoms with Crippen LogP contribution in [-0.4, -0.2) is 0 Å². The zero-order valence-corrected chi connectivity index (χ0v) is 31.2. The second-order valence-electron chi connectivity index (χ2n) is 15.1. The molecule has 54 heavy (non-hydrogen) atoms. The van der Waals surface area contributed by atoms with Gasteiger partial charge in [0, 0.05) is 0 Å². The summed E-state index contributed by atoms with van der Waals surface area (Å²) in [5.41, 5.74) is 15.4. The van der Waals surface area contributed by atoms with Gasteiger partial charge in [-0.2, -0.15) is 0 Å². The summed E-state index contributed by atoms with van der Waals surface area (Å²) in [5.74, 6) is 0. The molecule has 0 aliphatic carbocycles. The van der Waals surface area contributed by atoms with Crippen molar-refractivity contribution in [3.05, 3.63) is 192 Å². The summed E-state index contributed by atoms with van der Waals surface area (Å²) >= 11 is 0. The van der Waals surface area contributed by atoms with Gasteiger partial charge < -0.3 is 0 Å². The maximum Gasteiger partial charge on any atom is -0.00199 e. The summed E-state index contributed by atoms with van der Waals surface area (Å²) in [6.45, 7) is 8.87. The van der Waals surface area contributed by atoms with Gasteiger partial charge in [-0.25, -0.2) is 0 Å². The largest absolute Gasteiger partial charge is 0.0622 e. The van der Waals surface area contributed by atoms with Crippen LogP contribution in [0.4, 0.5) is 0 Å². The Bertz CT molecular complexity index is 3070. The Morgan fingerprint density at radius 3 is 1.46 bits per heavy atom. The first kappa shape index (κ1) is 32.2. The van der Waals surface area contributed by atoms with Crippen molar-refractivity contribution in [2.45, 2.75) is 27.7 Å². The minimum Gasteiger partial charge on any atom is -0.0622 e. The summed E-state index contributed by atoms with van der Waals surface area (Å²) in [6.07, 6.45) is 0. The Hall–Kier alpha value is -6.50. The molecule has 0 aliphatic heterocycles. The molecule has 0 radical (unpaired) electrons. The molecule has 0 aromatic heterocycles. The number of hydrogen-bond acceptors (Lipinski definition) is 0. The third-order valence-electron chi connectivity index (χ3n) is 11.8. The van der Waals surface area contributed by atoms with E-state index in [2.05, 4.69) is 198 Å². The summed E-state index contributed by atoms with van der Waals surface area (Å²) < 4.78 is 0. The molecule has 0 unspecified atom stereocenters. The Balaban J connectivity index is 1.27. The number of rotatable bonds is 4. The van der Waals surface area contributed by atoms with Crippen LogP contribution in [0.15, 0.2) is 170 Å². The zero-order valence-electron chi connectivity index (χ0n) is 31.2. The van der Waals surface area contributed by atoms with E-state index in [0.717, 1.165) is 0 Å². The first-order chi connectivity index (χ1) is 26.4. The molecule has 0 aliphatic rings. The zero-order chi connectivity index (χ0) is 36.5. The number of hydrogen-bond donors (Lipinski definition) is 0. The maximum atomic E-state index is 2.45. The van der Waals surface area contributed by atoms with Crippen LogP contribution in [-0.2, 0) is 0 Å². The van der Waals surface area contributed by atoms with Gasteiger partial charge in [0.05, 0.1) is 0 Å².